The number of halogens is 1. The smallest absolute Gasteiger partial charge is 0.178 e. The molecule has 0 aliphatic rings. The van der Waals surface area contributed by atoms with Crippen LogP contribution in [-0.2, 0) is 6.54 Å². The van der Waals surface area contributed by atoms with E-state index in [-0.39, 0.29) is 24.0 Å². The molecule has 13 heavy (non-hydrogen) atoms. The van der Waals surface area contributed by atoms with Crippen LogP contribution in [0.4, 0.5) is 0 Å². The molecule has 0 unspecified atom stereocenters. The van der Waals surface area contributed by atoms with Crippen LogP contribution in [0.15, 0.2) is 24.4 Å². The van der Waals surface area contributed by atoms with Gasteiger partial charge in [-0.15, -0.1) is 0 Å². The molecular formula is C11H18IN. The van der Waals surface area contributed by atoms with Crippen molar-refractivity contribution in [3.05, 3.63) is 30.1 Å². The predicted octanol–water partition coefficient (Wildman–Crippen LogP) is -0.667. The first-order valence-corrected chi connectivity index (χ1v) is 4.65. The zero-order valence-corrected chi connectivity index (χ0v) is 10.8. The second-order valence-corrected chi connectivity index (χ2v) is 3.72. The second-order valence-electron chi connectivity index (χ2n) is 3.72. The van der Waals surface area contributed by atoms with Crippen molar-refractivity contribution in [2.75, 3.05) is 0 Å². The summed E-state index contributed by atoms with van der Waals surface area (Å²) in [5.41, 5.74) is 1.35. The van der Waals surface area contributed by atoms with E-state index in [0.717, 1.165) is 12.5 Å². The van der Waals surface area contributed by atoms with Gasteiger partial charge in [-0.25, -0.2) is 4.57 Å². The molecule has 0 saturated heterocycles. The van der Waals surface area contributed by atoms with Gasteiger partial charge in [0.1, 0.15) is 6.54 Å². The highest BCUT2D eigenvalue weighted by molar-refractivity contribution is 4.93. The van der Waals surface area contributed by atoms with E-state index in [1.54, 1.807) is 0 Å². The molecule has 2 heteroatoms. The largest absolute Gasteiger partial charge is 1.00 e. The van der Waals surface area contributed by atoms with Crippen molar-refractivity contribution in [1.82, 2.24) is 0 Å². The molecule has 0 N–H and O–H groups in total. The number of aromatic nitrogens is 1. The highest BCUT2D eigenvalue weighted by Gasteiger charge is 2.04. The van der Waals surface area contributed by atoms with Gasteiger partial charge in [0.2, 0.25) is 0 Å². The maximum Gasteiger partial charge on any atom is 0.178 e. The molecule has 0 aliphatic heterocycles. The molecule has 1 aromatic rings. The first-order chi connectivity index (χ1) is 5.70. The predicted molar refractivity (Wildman–Crippen MR) is 50.8 cm³/mol. The molecule has 1 heterocycles. The SMILES string of the molecule is Cc1cccc[n+]1CCC(C)C.[I-]. The molecule has 0 saturated carbocycles. The van der Waals surface area contributed by atoms with Crippen LogP contribution in [0.5, 0.6) is 0 Å². The molecule has 1 nitrogen and oxygen atoms in total. The lowest BCUT2D eigenvalue weighted by Crippen LogP contribution is -3.00. The van der Waals surface area contributed by atoms with Crippen molar-refractivity contribution in [3.63, 3.8) is 0 Å². The maximum absolute atomic E-state index is 2.31. The molecule has 0 spiro atoms. The van der Waals surface area contributed by atoms with Crippen LogP contribution < -0.4 is 28.5 Å². The molecule has 0 fully saturated rings. The number of aryl methyl sites for hydroxylation is 2. The first-order valence-electron chi connectivity index (χ1n) is 4.65. The fraction of sp³-hybridized carbons (Fsp3) is 0.545. The van der Waals surface area contributed by atoms with E-state index in [1.165, 1.54) is 12.1 Å². The molecule has 0 aromatic carbocycles. The van der Waals surface area contributed by atoms with Gasteiger partial charge in [0, 0.05) is 25.5 Å². The van der Waals surface area contributed by atoms with Gasteiger partial charge in [-0.05, 0) is 5.92 Å². The third-order valence-electron chi connectivity index (χ3n) is 2.11. The summed E-state index contributed by atoms with van der Waals surface area (Å²) in [6.45, 7) is 7.82. The summed E-state index contributed by atoms with van der Waals surface area (Å²) in [5.74, 6) is 0.789. The Bertz CT molecular complexity index is 246. The van der Waals surface area contributed by atoms with Gasteiger partial charge in [-0.3, -0.25) is 0 Å². The Hall–Kier alpha value is -0.120. The Labute approximate surface area is 98.2 Å². The van der Waals surface area contributed by atoms with Crippen LogP contribution in [0.1, 0.15) is 26.0 Å². The van der Waals surface area contributed by atoms with Crippen LogP contribution in [0.3, 0.4) is 0 Å². The van der Waals surface area contributed by atoms with Gasteiger partial charge in [0.15, 0.2) is 11.9 Å². The van der Waals surface area contributed by atoms with Gasteiger partial charge in [-0.2, -0.15) is 0 Å². The van der Waals surface area contributed by atoms with Gasteiger partial charge in [-0.1, -0.05) is 19.9 Å². The van der Waals surface area contributed by atoms with Crippen molar-refractivity contribution in [3.8, 4) is 0 Å². The van der Waals surface area contributed by atoms with Crippen LogP contribution in [0.2, 0.25) is 0 Å². The highest BCUT2D eigenvalue weighted by Crippen LogP contribution is 1.98. The van der Waals surface area contributed by atoms with Gasteiger partial charge < -0.3 is 24.0 Å². The topological polar surface area (TPSA) is 3.88 Å². The number of rotatable bonds is 3. The third kappa shape index (κ3) is 4.60. The van der Waals surface area contributed by atoms with Crippen LogP contribution in [0, 0.1) is 12.8 Å². The number of pyridine rings is 1. The number of hydrogen-bond acceptors (Lipinski definition) is 0. The van der Waals surface area contributed by atoms with E-state index in [2.05, 4.69) is 49.7 Å². The average molecular weight is 291 g/mol. The summed E-state index contributed by atoms with van der Waals surface area (Å²) < 4.78 is 2.31. The van der Waals surface area contributed by atoms with E-state index in [9.17, 15) is 0 Å². The number of nitrogens with zero attached hydrogens (tertiary/aromatic N) is 1. The molecule has 0 atom stereocenters. The Morgan fingerprint density at radius 1 is 1.31 bits per heavy atom. The van der Waals surface area contributed by atoms with Crippen molar-refractivity contribution in [1.29, 1.82) is 0 Å². The zero-order chi connectivity index (χ0) is 8.97. The van der Waals surface area contributed by atoms with Crippen LogP contribution >= 0.6 is 0 Å². The standard InChI is InChI=1S/C11H18N.HI/c1-10(2)7-9-12-8-5-4-6-11(12)3;/h4-6,8,10H,7,9H2,1-3H3;1H/q+1;/p-1. The fourth-order valence-corrected chi connectivity index (χ4v) is 1.21. The van der Waals surface area contributed by atoms with Crippen molar-refractivity contribution >= 4 is 0 Å². The fourth-order valence-electron chi connectivity index (χ4n) is 1.21. The highest BCUT2D eigenvalue weighted by atomic mass is 127. The van der Waals surface area contributed by atoms with Crippen molar-refractivity contribution in [2.45, 2.75) is 33.7 Å². The quantitative estimate of drug-likeness (QED) is 0.514. The molecule has 0 amide bonds. The lowest BCUT2D eigenvalue weighted by Gasteiger charge is -2.02. The zero-order valence-electron chi connectivity index (χ0n) is 8.63. The minimum Gasteiger partial charge on any atom is -1.00 e. The molecular weight excluding hydrogens is 273 g/mol. The Balaban J connectivity index is 0.00000144. The van der Waals surface area contributed by atoms with Gasteiger partial charge in [0.05, 0.1) is 0 Å². The van der Waals surface area contributed by atoms with Crippen molar-refractivity contribution in [2.24, 2.45) is 5.92 Å². The van der Waals surface area contributed by atoms with E-state index in [1.807, 2.05) is 0 Å². The molecule has 74 valence electrons. The van der Waals surface area contributed by atoms with E-state index >= 15 is 0 Å². The van der Waals surface area contributed by atoms with E-state index < -0.39 is 0 Å². The number of hydrogen-bond donors (Lipinski definition) is 0. The summed E-state index contributed by atoms with van der Waals surface area (Å²) in [6, 6.07) is 6.33. The van der Waals surface area contributed by atoms with Crippen LogP contribution in [0.25, 0.3) is 0 Å². The Morgan fingerprint density at radius 2 is 2.00 bits per heavy atom. The van der Waals surface area contributed by atoms with Crippen LogP contribution in [-0.4, -0.2) is 0 Å². The first kappa shape index (κ1) is 12.9. The summed E-state index contributed by atoms with van der Waals surface area (Å²) >= 11 is 0. The summed E-state index contributed by atoms with van der Waals surface area (Å²) in [6.07, 6.45) is 3.41. The lowest BCUT2D eigenvalue weighted by atomic mass is 10.1. The normalized spacial score (nSPS) is 9.85. The Morgan fingerprint density at radius 3 is 2.54 bits per heavy atom. The second kappa shape index (κ2) is 6.35. The Kier molecular flexibility index (Phi) is 6.29. The monoisotopic (exact) mass is 291 g/mol. The van der Waals surface area contributed by atoms with E-state index in [0.29, 0.717) is 0 Å². The third-order valence-corrected chi connectivity index (χ3v) is 2.11. The van der Waals surface area contributed by atoms with E-state index in [4.69, 9.17) is 0 Å². The lowest BCUT2D eigenvalue weighted by molar-refractivity contribution is -0.703. The summed E-state index contributed by atoms with van der Waals surface area (Å²) in [7, 11) is 0. The molecule has 0 aliphatic carbocycles. The van der Waals surface area contributed by atoms with Gasteiger partial charge in [0.25, 0.3) is 0 Å². The van der Waals surface area contributed by atoms with Crippen molar-refractivity contribution < 1.29 is 28.5 Å². The molecule has 0 bridgehead atoms. The summed E-state index contributed by atoms with van der Waals surface area (Å²) in [4.78, 5) is 0. The molecule has 0 radical (unpaired) electrons. The maximum atomic E-state index is 2.31. The minimum atomic E-state index is 0. The minimum absolute atomic E-state index is 0. The summed E-state index contributed by atoms with van der Waals surface area (Å²) in [5, 5.41) is 0. The molecule has 1 aromatic heterocycles. The van der Waals surface area contributed by atoms with Gasteiger partial charge >= 0.3 is 0 Å². The molecule has 1 rings (SSSR count). The average Bonchev–Trinajstić information content (AvgIpc) is 2.03.